The molecule has 0 saturated carbocycles. The number of aryl methyl sites for hydroxylation is 4. The first-order chi connectivity index (χ1) is 8.52. The molecule has 2 nitrogen and oxygen atoms in total. The van der Waals surface area contributed by atoms with E-state index in [1.807, 2.05) is 6.92 Å². The van der Waals surface area contributed by atoms with E-state index in [0.717, 1.165) is 10.7 Å². The van der Waals surface area contributed by atoms with Crippen LogP contribution in [0.5, 0.6) is 0 Å². The highest BCUT2D eigenvalue weighted by molar-refractivity contribution is 7.15. The number of aliphatic hydroxyl groups excluding tert-OH is 1. The molecule has 1 N–H and O–H groups in total. The maximum absolute atomic E-state index is 9.05. The Bertz CT molecular complexity index is 549. The second-order valence-electron chi connectivity index (χ2n) is 4.77. The van der Waals surface area contributed by atoms with Crippen LogP contribution in [0.25, 0.3) is 10.6 Å². The van der Waals surface area contributed by atoms with Crippen LogP contribution in [0.1, 0.15) is 27.3 Å². The summed E-state index contributed by atoms with van der Waals surface area (Å²) in [7, 11) is 0. The highest BCUT2D eigenvalue weighted by Gasteiger charge is 2.13. The Morgan fingerprint density at radius 3 is 2.28 bits per heavy atom. The smallest absolute Gasteiger partial charge is 0.124 e. The van der Waals surface area contributed by atoms with Gasteiger partial charge in [0.25, 0.3) is 0 Å². The second-order valence-corrected chi connectivity index (χ2v) is 5.86. The Hall–Kier alpha value is -1.19. The number of rotatable bonds is 3. The summed E-state index contributed by atoms with van der Waals surface area (Å²) in [5, 5.41) is 10.1. The molecule has 1 aromatic heterocycles. The fraction of sp³-hybridized carbons (Fsp3) is 0.400. The maximum atomic E-state index is 9.05. The molecule has 0 fully saturated rings. The van der Waals surface area contributed by atoms with Crippen LogP contribution in [-0.2, 0) is 6.42 Å². The van der Waals surface area contributed by atoms with Crippen molar-refractivity contribution in [2.24, 2.45) is 0 Å². The number of aromatic nitrogens is 1. The van der Waals surface area contributed by atoms with Crippen LogP contribution in [-0.4, -0.2) is 16.7 Å². The van der Waals surface area contributed by atoms with Crippen LogP contribution in [0.3, 0.4) is 0 Å². The lowest BCUT2D eigenvalue weighted by atomic mass is 10.0. The van der Waals surface area contributed by atoms with Crippen LogP contribution in [0.2, 0.25) is 0 Å². The van der Waals surface area contributed by atoms with Crippen LogP contribution < -0.4 is 0 Å². The predicted molar refractivity (Wildman–Crippen MR) is 77.3 cm³/mol. The van der Waals surface area contributed by atoms with Crippen molar-refractivity contribution in [2.45, 2.75) is 34.1 Å². The molecule has 18 heavy (non-hydrogen) atoms. The summed E-state index contributed by atoms with van der Waals surface area (Å²) in [6.45, 7) is 8.60. The number of hydrogen-bond acceptors (Lipinski definition) is 3. The molecule has 0 aliphatic heterocycles. The van der Waals surface area contributed by atoms with Gasteiger partial charge in [0.1, 0.15) is 5.01 Å². The van der Waals surface area contributed by atoms with Crippen LogP contribution >= 0.6 is 11.3 Å². The van der Waals surface area contributed by atoms with Gasteiger partial charge in [-0.25, -0.2) is 4.98 Å². The summed E-state index contributed by atoms with van der Waals surface area (Å²) in [6.07, 6.45) is 0.702. The molecule has 0 spiro atoms. The Morgan fingerprint density at radius 2 is 1.72 bits per heavy atom. The second kappa shape index (κ2) is 5.21. The third kappa shape index (κ3) is 2.47. The molecule has 0 saturated heterocycles. The van der Waals surface area contributed by atoms with Gasteiger partial charge in [0, 0.05) is 23.5 Å². The quantitative estimate of drug-likeness (QED) is 0.916. The van der Waals surface area contributed by atoms with Crippen molar-refractivity contribution in [3.8, 4) is 10.6 Å². The molecule has 0 aliphatic carbocycles. The fourth-order valence-electron chi connectivity index (χ4n) is 2.39. The average molecular weight is 261 g/mol. The van der Waals surface area contributed by atoms with Crippen LogP contribution in [0.15, 0.2) is 12.1 Å². The normalized spacial score (nSPS) is 10.9. The standard InChI is InChI=1S/C15H19NOS/c1-9-7-10(2)14(11(3)8-9)15-16-12(4)13(18-15)5-6-17/h7-8,17H,5-6H2,1-4H3. The predicted octanol–water partition coefficient (Wildman–Crippen LogP) is 3.58. The minimum atomic E-state index is 0.189. The highest BCUT2D eigenvalue weighted by Crippen LogP contribution is 2.33. The molecule has 0 bridgehead atoms. The zero-order valence-corrected chi connectivity index (χ0v) is 12.2. The van der Waals surface area contributed by atoms with Crippen molar-refractivity contribution in [1.29, 1.82) is 0 Å². The number of hydrogen-bond donors (Lipinski definition) is 1. The van der Waals surface area contributed by atoms with Crippen molar-refractivity contribution in [2.75, 3.05) is 6.61 Å². The minimum absolute atomic E-state index is 0.189. The average Bonchev–Trinajstić information content (AvgIpc) is 2.59. The maximum Gasteiger partial charge on any atom is 0.124 e. The van der Waals surface area contributed by atoms with Gasteiger partial charge < -0.3 is 5.11 Å². The lowest BCUT2D eigenvalue weighted by Crippen LogP contribution is -1.89. The van der Waals surface area contributed by atoms with E-state index in [-0.39, 0.29) is 6.61 Å². The Balaban J connectivity index is 2.52. The largest absolute Gasteiger partial charge is 0.396 e. The summed E-state index contributed by atoms with van der Waals surface area (Å²) in [5.41, 5.74) is 6.13. The molecule has 0 aliphatic rings. The van der Waals surface area contributed by atoms with Gasteiger partial charge in [-0.3, -0.25) is 0 Å². The minimum Gasteiger partial charge on any atom is -0.396 e. The first-order valence-electron chi connectivity index (χ1n) is 6.18. The van der Waals surface area contributed by atoms with E-state index >= 15 is 0 Å². The fourth-order valence-corrected chi connectivity index (χ4v) is 3.61. The van der Waals surface area contributed by atoms with E-state index in [2.05, 4.69) is 37.9 Å². The van der Waals surface area contributed by atoms with Gasteiger partial charge in [-0.1, -0.05) is 17.7 Å². The molecule has 2 aromatic rings. The zero-order valence-electron chi connectivity index (χ0n) is 11.4. The van der Waals surface area contributed by atoms with Gasteiger partial charge in [0.15, 0.2) is 0 Å². The SMILES string of the molecule is Cc1cc(C)c(-c2nc(C)c(CCO)s2)c(C)c1. The van der Waals surface area contributed by atoms with Crippen molar-refractivity contribution in [3.63, 3.8) is 0 Å². The summed E-state index contributed by atoms with van der Waals surface area (Å²) < 4.78 is 0. The van der Waals surface area contributed by atoms with Gasteiger partial charge in [0.05, 0.1) is 5.69 Å². The number of benzene rings is 1. The van der Waals surface area contributed by atoms with Gasteiger partial charge in [-0.2, -0.15) is 0 Å². The lowest BCUT2D eigenvalue weighted by molar-refractivity contribution is 0.300. The van der Waals surface area contributed by atoms with Gasteiger partial charge >= 0.3 is 0 Å². The summed E-state index contributed by atoms with van der Waals surface area (Å²) in [6, 6.07) is 4.40. The van der Waals surface area contributed by atoms with Crippen molar-refractivity contribution in [1.82, 2.24) is 4.98 Å². The van der Waals surface area contributed by atoms with E-state index in [0.29, 0.717) is 6.42 Å². The van der Waals surface area contributed by atoms with Gasteiger partial charge in [0.2, 0.25) is 0 Å². The molecular formula is C15H19NOS. The molecule has 1 heterocycles. The first kappa shape index (κ1) is 13.2. The number of aliphatic hydroxyl groups is 1. The molecule has 0 atom stereocenters. The van der Waals surface area contributed by atoms with E-state index in [9.17, 15) is 0 Å². The molecule has 96 valence electrons. The summed E-state index contributed by atoms with van der Waals surface area (Å²) in [4.78, 5) is 5.85. The lowest BCUT2D eigenvalue weighted by Gasteiger charge is -2.08. The third-order valence-electron chi connectivity index (χ3n) is 3.12. The molecule has 0 unspecified atom stereocenters. The number of thiazole rings is 1. The topological polar surface area (TPSA) is 33.1 Å². The zero-order chi connectivity index (χ0) is 13.3. The third-order valence-corrected chi connectivity index (χ3v) is 4.36. The molecule has 2 rings (SSSR count). The Morgan fingerprint density at radius 1 is 1.11 bits per heavy atom. The van der Waals surface area contributed by atoms with E-state index in [4.69, 9.17) is 5.11 Å². The van der Waals surface area contributed by atoms with E-state index < -0.39 is 0 Å². The molecule has 0 radical (unpaired) electrons. The van der Waals surface area contributed by atoms with Crippen molar-refractivity contribution in [3.05, 3.63) is 39.4 Å². The van der Waals surface area contributed by atoms with Crippen molar-refractivity contribution >= 4 is 11.3 Å². The van der Waals surface area contributed by atoms with Gasteiger partial charge in [-0.05, 0) is 38.8 Å². The van der Waals surface area contributed by atoms with Crippen LogP contribution in [0.4, 0.5) is 0 Å². The monoisotopic (exact) mass is 261 g/mol. The first-order valence-corrected chi connectivity index (χ1v) is 7.00. The summed E-state index contributed by atoms with van der Waals surface area (Å²) >= 11 is 1.70. The molecule has 1 aromatic carbocycles. The number of nitrogens with zero attached hydrogens (tertiary/aromatic N) is 1. The Kier molecular flexibility index (Phi) is 3.83. The van der Waals surface area contributed by atoms with E-state index in [1.165, 1.54) is 27.1 Å². The van der Waals surface area contributed by atoms with E-state index in [1.54, 1.807) is 11.3 Å². The molecule has 3 heteroatoms. The molecule has 0 amide bonds. The summed E-state index contributed by atoms with van der Waals surface area (Å²) in [5.74, 6) is 0. The van der Waals surface area contributed by atoms with Crippen molar-refractivity contribution < 1.29 is 5.11 Å². The van der Waals surface area contributed by atoms with Crippen LogP contribution in [0, 0.1) is 27.7 Å². The molecular weight excluding hydrogens is 242 g/mol. The Labute approximate surface area is 112 Å². The van der Waals surface area contributed by atoms with Gasteiger partial charge in [-0.15, -0.1) is 11.3 Å². The highest BCUT2D eigenvalue weighted by atomic mass is 32.1.